The molecule has 14 heavy (non-hydrogen) atoms. The Morgan fingerprint density at radius 1 is 1.21 bits per heavy atom. The van der Waals surface area contributed by atoms with Crippen molar-refractivity contribution in [2.45, 2.75) is 6.42 Å². The van der Waals surface area contributed by atoms with Crippen molar-refractivity contribution in [2.24, 2.45) is 0 Å². The van der Waals surface area contributed by atoms with Gasteiger partial charge < -0.3 is 14.9 Å². The van der Waals surface area contributed by atoms with Crippen LogP contribution in [0, 0.1) is 0 Å². The Morgan fingerprint density at radius 3 is 2.64 bits per heavy atom. The minimum Gasteiger partial charge on any atom is -0.508 e. The first-order valence-electron chi connectivity index (χ1n) is 3.88. The summed E-state index contributed by atoms with van der Waals surface area (Å²) in [6.07, 6.45) is -0.384. The summed E-state index contributed by atoms with van der Waals surface area (Å²) in [6.45, 7) is 0. The van der Waals surface area contributed by atoms with Gasteiger partial charge in [-0.3, -0.25) is 9.59 Å². The molecule has 0 atom stereocenters. The molecule has 72 valence electrons. The first-order chi connectivity index (χ1) is 6.58. The largest absolute Gasteiger partial charge is 0.508 e. The van der Waals surface area contributed by atoms with E-state index in [1.165, 1.54) is 0 Å². The summed E-state index contributed by atoms with van der Waals surface area (Å²) in [7, 11) is 0. The van der Waals surface area contributed by atoms with Crippen molar-refractivity contribution in [2.75, 3.05) is 0 Å². The zero-order chi connectivity index (χ0) is 10.3. The molecule has 1 aromatic rings. The molecule has 1 aliphatic rings. The van der Waals surface area contributed by atoms with Crippen LogP contribution in [0.15, 0.2) is 12.1 Å². The molecule has 0 amide bonds. The molecular weight excluding hydrogens is 188 g/mol. The van der Waals surface area contributed by atoms with E-state index in [-0.39, 0.29) is 29.2 Å². The van der Waals surface area contributed by atoms with Crippen LogP contribution in [0.3, 0.4) is 0 Å². The molecule has 0 radical (unpaired) electrons. The summed E-state index contributed by atoms with van der Waals surface area (Å²) in [6, 6.07) is 2.14. The summed E-state index contributed by atoms with van der Waals surface area (Å²) in [4.78, 5) is 22.1. The average Bonchev–Trinajstić information content (AvgIpc) is 1.99. The lowest BCUT2D eigenvalue weighted by Crippen LogP contribution is -2.21. The van der Waals surface area contributed by atoms with Gasteiger partial charge in [0.1, 0.15) is 29.2 Å². The van der Waals surface area contributed by atoms with Gasteiger partial charge in [0.15, 0.2) is 5.78 Å². The topological polar surface area (TPSA) is 83.8 Å². The number of phenolic OH excluding ortho intramolecular Hbond substituents is 2. The second-order valence-corrected chi connectivity index (χ2v) is 2.91. The number of Topliss-reactive ketones (excluding diaryl/α,β-unsaturated/α-hetero) is 1. The number of benzene rings is 1. The van der Waals surface area contributed by atoms with Gasteiger partial charge in [-0.1, -0.05) is 0 Å². The number of esters is 1. The number of ether oxygens (including phenoxy) is 1. The molecule has 0 saturated carbocycles. The summed E-state index contributed by atoms with van der Waals surface area (Å²) >= 11 is 0. The molecule has 0 unspecified atom stereocenters. The van der Waals surface area contributed by atoms with Crippen molar-refractivity contribution < 1.29 is 24.5 Å². The predicted octanol–water partition coefficient (Wildman–Crippen LogP) is 0.590. The van der Waals surface area contributed by atoms with Crippen LogP contribution in [0.1, 0.15) is 16.8 Å². The van der Waals surface area contributed by atoms with Crippen LogP contribution in [-0.4, -0.2) is 22.0 Å². The van der Waals surface area contributed by atoms with E-state index in [9.17, 15) is 14.7 Å². The number of hydrogen-bond acceptors (Lipinski definition) is 5. The van der Waals surface area contributed by atoms with Gasteiger partial charge in [0.2, 0.25) is 0 Å². The molecule has 0 aromatic heterocycles. The van der Waals surface area contributed by atoms with Crippen LogP contribution >= 0.6 is 0 Å². The first-order valence-corrected chi connectivity index (χ1v) is 3.88. The molecule has 0 aliphatic carbocycles. The highest BCUT2D eigenvalue weighted by Gasteiger charge is 2.28. The lowest BCUT2D eigenvalue weighted by atomic mass is 10.0. The van der Waals surface area contributed by atoms with Crippen LogP contribution in [0.5, 0.6) is 17.2 Å². The van der Waals surface area contributed by atoms with E-state index in [1.54, 1.807) is 0 Å². The predicted molar refractivity (Wildman–Crippen MR) is 44.4 cm³/mol. The monoisotopic (exact) mass is 194 g/mol. The van der Waals surface area contributed by atoms with Gasteiger partial charge in [0, 0.05) is 12.1 Å². The Hall–Kier alpha value is -2.04. The lowest BCUT2D eigenvalue weighted by molar-refractivity contribution is -0.133. The van der Waals surface area contributed by atoms with Crippen LogP contribution < -0.4 is 4.74 Å². The van der Waals surface area contributed by atoms with Crippen LogP contribution in [0.4, 0.5) is 0 Å². The van der Waals surface area contributed by atoms with E-state index in [2.05, 4.69) is 4.74 Å². The van der Waals surface area contributed by atoms with Gasteiger partial charge in [0.05, 0.1) is 0 Å². The fourth-order valence-corrected chi connectivity index (χ4v) is 1.33. The molecule has 0 saturated heterocycles. The third-order valence-corrected chi connectivity index (χ3v) is 1.87. The van der Waals surface area contributed by atoms with Gasteiger partial charge in [-0.25, -0.2) is 0 Å². The van der Waals surface area contributed by atoms with Crippen molar-refractivity contribution in [3.63, 3.8) is 0 Å². The molecule has 0 spiro atoms. The number of fused-ring (bicyclic) bond motifs is 1. The molecular formula is C9H6O5. The van der Waals surface area contributed by atoms with Crippen molar-refractivity contribution in [3.8, 4) is 17.2 Å². The Kier molecular flexibility index (Phi) is 1.67. The smallest absolute Gasteiger partial charge is 0.319 e. The molecule has 0 bridgehead atoms. The second kappa shape index (κ2) is 2.73. The number of ketones is 1. The van der Waals surface area contributed by atoms with Gasteiger partial charge in [-0.2, -0.15) is 0 Å². The fraction of sp³-hybridized carbons (Fsp3) is 0.111. The number of phenols is 2. The standard InChI is InChI=1S/C9H6O5/c10-4-1-5(11)9-6(12)3-8(13)14-7(9)2-4/h1-2,10-11H,3H2. The minimum atomic E-state index is -0.687. The zero-order valence-corrected chi connectivity index (χ0v) is 6.98. The van der Waals surface area contributed by atoms with Crippen molar-refractivity contribution in [3.05, 3.63) is 17.7 Å². The van der Waals surface area contributed by atoms with Crippen molar-refractivity contribution >= 4 is 11.8 Å². The van der Waals surface area contributed by atoms with E-state index in [1.807, 2.05) is 0 Å². The normalized spacial score (nSPS) is 14.9. The number of aromatic hydroxyl groups is 2. The van der Waals surface area contributed by atoms with Gasteiger partial charge in [-0.05, 0) is 0 Å². The Morgan fingerprint density at radius 2 is 1.93 bits per heavy atom. The van der Waals surface area contributed by atoms with E-state index in [0.717, 1.165) is 12.1 Å². The van der Waals surface area contributed by atoms with Crippen molar-refractivity contribution in [1.29, 1.82) is 0 Å². The van der Waals surface area contributed by atoms with Crippen LogP contribution in [-0.2, 0) is 4.79 Å². The third-order valence-electron chi connectivity index (χ3n) is 1.87. The zero-order valence-electron chi connectivity index (χ0n) is 6.98. The summed E-state index contributed by atoms with van der Waals surface area (Å²) in [5.41, 5.74) is -0.0533. The highest BCUT2D eigenvalue weighted by Crippen LogP contribution is 2.36. The van der Waals surface area contributed by atoms with Gasteiger partial charge >= 0.3 is 5.97 Å². The molecule has 1 aromatic carbocycles. The van der Waals surface area contributed by atoms with Gasteiger partial charge in [-0.15, -0.1) is 0 Å². The Balaban J connectivity index is 2.64. The summed E-state index contributed by atoms with van der Waals surface area (Å²) < 4.78 is 4.68. The quantitative estimate of drug-likeness (QED) is 0.358. The van der Waals surface area contributed by atoms with E-state index >= 15 is 0 Å². The number of hydrogen-bond donors (Lipinski definition) is 2. The molecule has 2 rings (SSSR count). The molecule has 1 heterocycles. The highest BCUT2D eigenvalue weighted by atomic mass is 16.5. The highest BCUT2D eigenvalue weighted by molar-refractivity contribution is 6.12. The maximum absolute atomic E-state index is 11.3. The molecule has 5 nitrogen and oxygen atoms in total. The third kappa shape index (κ3) is 1.19. The molecule has 0 fully saturated rings. The average molecular weight is 194 g/mol. The number of carbonyl (C=O) groups excluding carboxylic acids is 2. The van der Waals surface area contributed by atoms with E-state index in [0.29, 0.717) is 0 Å². The lowest BCUT2D eigenvalue weighted by Gasteiger charge is -2.15. The van der Waals surface area contributed by atoms with Crippen LogP contribution in [0.25, 0.3) is 0 Å². The molecule has 5 heteroatoms. The summed E-state index contributed by atoms with van der Waals surface area (Å²) in [5.74, 6) is -1.92. The molecule has 2 N–H and O–H groups in total. The Bertz CT molecular complexity index is 435. The summed E-state index contributed by atoms with van der Waals surface area (Å²) in [5, 5.41) is 18.4. The van der Waals surface area contributed by atoms with Crippen LogP contribution in [0.2, 0.25) is 0 Å². The Labute approximate surface area is 78.5 Å². The van der Waals surface area contributed by atoms with Gasteiger partial charge in [0.25, 0.3) is 0 Å². The second-order valence-electron chi connectivity index (χ2n) is 2.91. The SMILES string of the molecule is O=C1CC(=O)c2c(O)cc(O)cc2O1. The number of rotatable bonds is 0. The fourth-order valence-electron chi connectivity index (χ4n) is 1.33. The number of carbonyl (C=O) groups is 2. The minimum absolute atomic E-state index is 0.0533. The molecule has 1 aliphatic heterocycles. The maximum atomic E-state index is 11.3. The maximum Gasteiger partial charge on any atom is 0.319 e. The van der Waals surface area contributed by atoms with E-state index < -0.39 is 11.8 Å². The first kappa shape index (κ1) is 8.55. The van der Waals surface area contributed by atoms with Crippen molar-refractivity contribution in [1.82, 2.24) is 0 Å². The van der Waals surface area contributed by atoms with E-state index in [4.69, 9.17) is 5.11 Å².